The predicted octanol–water partition coefficient (Wildman–Crippen LogP) is 3.77. The molecule has 2 bridgehead atoms. The van der Waals surface area contributed by atoms with Crippen molar-refractivity contribution in [3.63, 3.8) is 0 Å². The molecule has 5 heterocycles. The van der Waals surface area contributed by atoms with E-state index in [-0.39, 0.29) is 24.3 Å². The Bertz CT molecular complexity index is 1040. The summed E-state index contributed by atoms with van der Waals surface area (Å²) in [6.07, 6.45) is -4.01. The number of piperidine rings is 1. The maximum absolute atomic E-state index is 13.9. The second kappa shape index (κ2) is 8.05. The van der Waals surface area contributed by atoms with E-state index >= 15 is 0 Å². The fourth-order valence-electron chi connectivity index (χ4n) is 4.17. The Morgan fingerprint density at radius 2 is 2.06 bits per heavy atom. The first-order valence-electron chi connectivity index (χ1n) is 9.95. The minimum atomic E-state index is -4.61. The summed E-state index contributed by atoms with van der Waals surface area (Å²) in [5.74, 6) is 0. The van der Waals surface area contributed by atoms with Crippen molar-refractivity contribution in [2.24, 2.45) is 0 Å². The summed E-state index contributed by atoms with van der Waals surface area (Å²) in [5.41, 5.74) is 0.980. The molecule has 2 aromatic heterocycles. The van der Waals surface area contributed by atoms with Crippen LogP contribution in [-0.2, 0) is 9.47 Å². The maximum Gasteiger partial charge on any atom is 0.418 e. The summed E-state index contributed by atoms with van der Waals surface area (Å²) in [6, 6.07) is 4.04. The Balaban J connectivity index is 1.60. The highest BCUT2D eigenvalue weighted by Gasteiger charge is 2.44. The number of alkyl halides is 3. The normalized spacial score (nSPS) is 22.0. The van der Waals surface area contributed by atoms with E-state index in [0.29, 0.717) is 47.3 Å². The molecular weight excluding hydrogens is 433 g/mol. The van der Waals surface area contributed by atoms with Crippen LogP contribution in [-0.4, -0.2) is 61.6 Å². The van der Waals surface area contributed by atoms with Gasteiger partial charge in [0.25, 0.3) is 6.01 Å². The van der Waals surface area contributed by atoms with Crippen LogP contribution < -0.4 is 10.2 Å². The van der Waals surface area contributed by atoms with Crippen LogP contribution in [0, 0.1) is 0 Å². The lowest BCUT2D eigenvalue weighted by atomic mass is 9.92. The zero-order chi connectivity index (χ0) is 21.6. The van der Waals surface area contributed by atoms with Gasteiger partial charge in [0.15, 0.2) is 11.7 Å². The van der Waals surface area contributed by atoms with Gasteiger partial charge in [-0.3, -0.25) is 0 Å². The molecule has 6 rings (SSSR count). The van der Waals surface area contributed by atoms with E-state index in [0.717, 1.165) is 6.42 Å². The summed E-state index contributed by atoms with van der Waals surface area (Å²) in [6.45, 7) is 1.28. The number of aromatic nitrogens is 2. The number of hydrogen-bond donors (Lipinski definition) is 1. The molecule has 3 saturated heterocycles. The number of fused-ring (bicyclic) bond motifs is 3. The predicted molar refractivity (Wildman–Crippen MR) is 109 cm³/mol. The third kappa shape index (κ3) is 3.91. The number of benzene rings is 1. The van der Waals surface area contributed by atoms with Crippen molar-refractivity contribution < 1.29 is 27.1 Å². The number of halogens is 3. The van der Waals surface area contributed by atoms with Gasteiger partial charge in [0.05, 0.1) is 18.8 Å². The first-order valence-corrected chi connectivity index (χ1v) is 10.8. The number of piperazine rings is 1. The van der Waals surface area contributed by atoms with Gasteiger partial charge < -0.3 is 24.1 Å². The summed E-state index contributed by atoms with van der Waals surface area (Å²) in [4.78, 5) is 10.8. The van der Waals surface area contributed by atoms with Crippen LogP contribution in [0.15, 0.2) is 28.1 Å². The zero-order valence-corrected chi connectivity index (χ0v) is 17.5. The minimum absolute atomic E-state index is 0.0561. The first-order chi connectivity index (χ1) is 14.9. The van der Waals surface area contributed by atoms with E-state index in [2.05, 4.69) is 15.3 Å². The SMILES string of the molecule is COCCOC(c1ccc(-c2nccs2)c2oc(N3CC4CC(C3)N4)nc12)C(F)(F)F. The highest BCUT2D eigenvalue weighted by molar-refractivity contribution is 7.13. The molecule has 3 aliphatic rings. The van der Waals surface area contributed by atoms with E-state index in [4.69, 9.17) is 13.9 Å². The van der Waals surface area contributed by atoms with E-state index in [1.807, 2.05) is 10.3 Å². The van der Waals surface area contributed by atoms with Crippen molar-refractivity contribution in [3.8, 4) is 10.6 Å². The third-order valence-corrected chi connectivity index (χ3v) is 6.38. The number of anilines is 1. The Morgan fingerprint density at radius 3 is 2.71 bits per heavy atom. The number of nitrogens with one attached hydrogen (secondary N) is 1. The molecule has 3 atom stereocenters. The fourth-order valence-corrected chi connectivity index (χ4v) is 4.83. The summed E-state index contributed by atoms with van der Waals surface area (Å²) in [5, 5.41) is 5.89. The summed E-state index contributed by atoms with van der Waals surface area (Å²) < 4.78 is 57.8. The molecule has 3 aliphatic heterocycles. The Labute approximate surface area is 180 Å². The van der Waals surface area contributed by atoms with Crippen LogP contribution in [0.5, 0.6) is 0 Å². The van der Waals surface area contributed by atoms with Crippen LogP contribution >= 0.6 is 11.3 Å². The fraction of sp³-hybridized carbons (Fsp3) is 0.500. The van der Waals surface area contributed by atoms with E-state index in [1.54, 1.807) is 12.3 Å². The minimum Gasteiger partial charge on any atom is -0.423 e. The molecule has 3 aromatic rings. The average Bonchev–Trinajstić information content (AvgIpc) is 3.40. The monoisotopic (exact) mass is 454 g/mol. The molecule has 1 aromatic carbocycles. The standard InChI is InChI=1S/C20H21F3N4O3S/c1-28-5-6-29-17(20(21,22)23)13-2-3-14(18-24-4-7-31-18)16-15(13)26-19(30-16)27-9-11-8-12(10-27)25-11/h2-4,7,11-12,17,25H,5-6,8-10H2,1H3. The molecule has 1 N–H and O–H groups in total. The lowest BCUT2D eigenvalue weighted by molar-refractivity contribution is -0.225. The second-order valence-electron chi connectivity index (χ2n) is 7.70. The molecule has 0 aliphatic carbocycles. The average molecular weight is 454 g/mol. The Kier molecular flexibility index (Phi) is 5.37. The molecule has 0 saturated carbocycles. The molecule has 3 fully saturated rings. The van der Waals surface area contributed by atoms with Crippen molar-refractivity contribution in [2.75, 3.05) is 38.3 Å². The number of oxazole rings is 1. The van der Waals surface area contributed by atoms with Gasteiger partial charge in [0.1, 0.15) is 10.5 Å². The summed E-state index contributed by atoms with van der Waals surface area (Å²) in [7, 11) is 1.41. The molecule has 0 spiro atoms. The van der Waals surface area contributed by atoms with Crippen molar-refractivity contribution in [2.45, 2.75) is 30.8 Å². The third-order valence-electron chi connectivity index (χ3n) is 5.57. The molecule has 0 amide bonds. The highest BCUT2D eigenvalue weighted by atomic mass is 32.1. The topological polar surface area (TPSA) is 72.7 Å². The molecular formula is C20H21F3N4O3S. The van der Waals surface area contributed by atoms with Gasteiger partial charge in [0.2, 0.25) is 0 Å². The van der Waals surface area contributed by atoms with E-state index in [9.17, 15) is 13.2 Å². The molecule has 31 heavy (non-hydrogen) atoms. The maximum atomic E-state index is 13.9. The van der Waals surface area contributed by atoms with Gasteiger partial charge in [-0.2, -0.15) is 18.2 Å². The zero-order valence-electron chi connectivity index (χ0n) is 16.7. The van der Waals surface area contributed by atoms with Gasteiger partial charge in [-0.1, -0.05) is 6.07 Å². The Morgan fingerprint density at radius 1 is 1.29 bits per heavy atom. The first kappa shape index (κ1) is 20.7. The second-order valence-corrected chi connectivity index (χ2v) is 8.59. The van der Waals surface area contributed by atoms with Gasteiger partial charge in [-0.05, 0) is 12.5 Å². The smallest absolute Gasteiger partial charge is 0.418 e. The van der Waals surface area contributed by atoms with Crippen molar-refractivity contribution >= 4 is 28.5 Å². The number of thiazole rings is 1. The number of methoxy groups -OCH3 is 1. The van der Waals surface area contributed by atoms with Crippen LogP contribution in [0.1, 0.15) is 18.1 Å². The van der Waals surface area contributed by atoms with Crippen LogP contribution in [0.3, 0.4) is 0 Å². The molecule has 166 valence electrons. The van der Waals surface area contributed by atoms with Gasteiger partial charge in [-0.15, -0.1) is 11.3 Å². The van der Waals surface area contributed by atoms with Crippen molar-refractivity contribution in [1.82, 2.24) is 15.3 Å². The van der Waals surface area contributed by atoms with Crippen LogP contribution in [0.25, 0.3) is 21.7 Å². The van der Waals surface area contributed by atoms with Gasteiger partial charge >= 0.3 is 6.18 Å². The van der Waals surface area contributed by atoms with Crippen molar-refractivity contribution in [1.29, 1.82) is 0 Å². The van der Waals surface area contributed by atoms with Crippen molar-refractivity contribution in [3.05, 3.63) is 29.3 Å². The number of nitrogens with zero attached hydrogens (tertiary/aromatic N) is 3. The quantitative estimate of drug-likeness (QED) is 0.545. The van der Waals surface area contributed by atoms with Gasteiger partial charge in [-0.25, -0.2) is 4.98 Å². The van der Waals surface area contributed by atoms with Crippen LogP contribution in [0.2, 0.25) is 0 Å². The number of ether oxygens (including phenoxy) is 2. The lowest BCUT2D eigenvalue weighted by Crippen LogP contribution is -2.67. The number of rotatable bonds is 7. The molecule has 11 heteroatoms. The highest BCUT2D eigenvalue weighted by Crippen LogP contribution is 2.43. The number of hydrogen-bond acceptors (Lipinski definition) is 8. The van der Waals surface area contributed by atoms with E-state index < -0.39 is 12.3 Å². The van der Waals surface area contributed by atoms with Gasteiger partial charge in [0, 0.05) is 49.4 Å². The molecule has 0 radical (unpaired) electrons. The van der Waals surface area contributed by atoms with E-state index in [1.165, 1.54) is 24.5 Å². The largest absolute Gasteiger partial charge is 0.423 e. The Hall–Kier alpha value is -2.21. The molecule has 3 unspecified atom stereocenters. The van der Waals surface area contributed by atoms with Crippen LogP contribution in [0.4, 0.5) is 19.2 Å². The summed E-state index contributed by atoms with van der Waals surface area (Å²) >= 11 is 1.39. The lowest BCUT2D eigenvalue weighted by Gasteiger charge is -2.47. The molecule has 7 nitrogen and oxygen atoms in total.